The highest BCUT2D eigenvalue weighted by Crippen LogP contribution is 2.34. The predicted octanol–water partition coefficient (Wildman–Crippen LogP) is -0.561. The molecule has 0 aromatic rings. The van der Waals surface area contributed by atoms with Crippen molar-refractivity contribution in [2.75, 3.05) is 63.0 Å². The largest absolute Gasteiger partial charge is 0.390 e. The van der Waals surface area contributed by atoms with E-state index in [1.54, 1.807) is 42.7 Å². The third-order valence-electron chi connectivity index (χ3n) is 5.45. The van der Waals surface area contributed by atoms with Gasteiger partial charge >= 0.3 is 0 Å². The van der Waals surface area contributed by atoms with E-state index in [2.05, 4.69) is 0 Å². The molecular formula is C19H38O10. The van der Waals surface area contributed by atoms with Crippen LogP contribution >= 0.6 is 0 Å². The van der Waals surface area contributed by atoms with E-state index in [0.29, 0.717) is 19.6 Å². The minimum absolute atomic E-state index is 0.0789. The second-order valence-electron chi connectivity index (χ2n) is 7.02. The van der Waals surface area contributed by atoms with E-state index in [1.807, 2.05) is 0 Å². The molecule has 1 saturated carbocycles. The molecule has 10 nitrogen and oxygen atoms in total. The first-order valence-corrected chi connectivity index (χ1v) is 9.57. The molecule has 0 bridgehead atoms. The first-order chi connectivity index (χ1) is 13.9. The Kier molecular flexibility index (Phi) is 12.7. The van der Waals surface area contributed by atoms with Crippen molar-refractivity contribution in [3.63, 3.8) is 0 Å². The van der Waals surface area contributed by atoms with Gasteiger partial charge < -0.3 is 48.1 Å². The Balaban J connectivity index is 0.000000296. The van der Waals surface area contributed by atoms with Crippen molar-refractivity contribution >= 4 is 0 Å². The molecule has 10 heteroatoms. The fourth-order valence-corrected chi connectivity index (χ4v) is 4.05. The molecule has 29 heavy (non-hydrogen) atoms. The van der Waals surface area contributed by atoms with Crippen molar-refractivity contribution in [2.24, 2.45) is 5.92 Å². The summed E-state index contributed by atoms with van der Waals surface area (Å²) >= 11 is 0. The molecule has 0 radical (unpaired) electrons. The summed E-state index contributed by atoms with van der Waals surface area (Å²) in [5.74, 6) is 0.0925. The molecule has 2 fully saturated rings. The van der Waals surface area contributed by atoms with Crippen LogP contribution in [0.4, 0.5) is 0 Å². The minimum atomic E-state index is -0.935. The molecule has 9 atom stereocenters. The second kappa shape index (κ2) is 13.8. The number of aliphatic hydroxyl groups is 2. The Bertz CT molecular complexity index is 426. The summed E-state index contributed by atoms with van der Waals surface area (Å²) in [6, 6.07) is 0. The van der Waals surface area contributed by atoms with Crippen LogP contribution in [-0.4, -0.2) is 122 Å². The second-order valence-corrected chi connectivity index (χ2v) is 7.02. The van der Waals surface area contributed by atoms with Crippen LogP contribution in [0.3, 0.4) is 0 Å². The van der Waals surface area contributed by atoms with Crippen LogP contribution < -0.4 is 0 Å². The SMILES string of the molecule is COCC(OC)C1CC(O)C(OC)C1OC.COCC1OC(O)C(OC)C1OC. The molecule has 0 amide bonds. The number of methoxy groups -OCH3 is 7. The van der Waals surface area contributed by atoms with Crippen LogP contribution in [0.2, 0.25) is 0 Å². The molecule has 0 aromatic heterocycles. The van der Waals surface area contributed by atoms with Gasteiger partial charge in [-0.15, -0.1) is 0 Å². The van der Waals surface area contributed by atoms with E-state index in [1.165, 1.54) is 7.11 Å². The molecule has 2 aliphatic rings. The Labute approximate surface area is 173 Å². The number of aliphatic hydroxyl groups excluding tert-OH is 2. The van der Waals surface area contributed by atoms with Gasteiger partial charge in [-0.2, -0.15) is 0 Å². The molecule has 1 saturated heterocycles. The molecule has 2 rings (SSSR count). The third kappa shape index (κ3) is 6.79. The van der Waals surface area contributed by atoms with E-state index in [0.717, 1.165) is 0 Å². The van der Waals surface area contributed by atoms with Gasteiger partial charge in [-0.3, -0.25) is 0 Å². The summed E-state index contributed by atoms with van der Waals surface area (Å²) in [7, 11) is 11.1. The van der Waals surface area contributed by atoms with Crippen molar-refractivity contribution in [3.05, 3.63) is 0 Å². The van der Waals surface area contributed by atoms with Crippen molar-refractivity contribution in [3.8, 4) is 0 Å². The van der Waals surface area contributed by atoms with Crippen LogP contribution in [0.1, 0.15) is 6.42 Å². The van der Waals surface area contributed by atoms with Crippen molar-refractivity contribution < 1.29 is 48.1 Å². The van der Waals surface area contributed by atoms with Crippen LogP contribution in [-0.2, 0) is 37.9 Å². The van der Waals surface area contributed by atoms with Crippen molar-refractivity contribution in [2.45, 2.75) is 55.4 Å². The van der Waals surface area contributed by atoms with E-state index in [-0.39, 0.29) is 36.4 Å². The summed E-state index contributed by atoms with van der Waals surface area (Å²) in [6.45, 7) is 0.875. The lowest BCUT2D eigenvalue weighted by molar-refractivity contribution is -0.141. The molecule has 1 heterocycles. The van der Waals surface area contributed by atoms with Crippen LogP contribution in [0, 0.1) is 5.92 Å². The zero-order chi connectivity index (χ0) is 22.0. The van der Waals surface area contributed by atoms with Gasteiger partial charge in [0.1, 0.15) is 24.4 Å². The van der Waals surface area contributed by atoms with Crippen LogP contribution in [0.15, 0.2) is 0 Å². The van der Waals surface area contributed by atoms with Crippen LogP contribution in [0.5, 0.6) is 0 Å². The van der Waals surface area contributed by atoms with Gasteiger partial charge in [-0.05, 0) is 6.42 Å². The predicted molar refractivity (Wildman–Crippen MR) is 103 cm³/mol. The Morgan fingerprint density at radius 2 is 1.38 bits per heavy atom. The van der Waals surface area contributed by atoms with Crippen molar-refractivity contribution in [1.82, 2.24) is 0 Å². The minimum Gasteiger partial charge on any atom is -0.390 e. The number of hydrogen-bond donors (Lipinski definition) is 2. The smallest absolute Gasteiger partial charge is 0.184 e. The average Bonchev–Trinajstić information content (AvgIpc) is 3.21. The molecular weight excluding hydrogens is 388 g/mol. The highest BCUT2D eigenvalue weighted by atomic mass is 16.7. The number of rotatable bonds is 10. The fourth-order valence-electron chi connectivity index (χ4n) is 4.05. The first kappa shape index (κ1) is 26.6. The molecule has 174 valence electrons. The Morgan fingerprint density at radius 1 is 0.793 bits per heavy atom. The lowest BCUT2D eigenvalue weighted by Gasteiger charge is -2.28. The third-order valence-corrected chi connectivity index (χ3v) is 5.45. The molecule has 0 spiro atoms. The van der Waals surface area contributed by atoms with Gasteiger partial charge in [0, 0.05) is 55.7 Å². The summed E-state index contributed by atoms with van der Waals surface area (Å²) < 4.78 is 41.5. The summed E-state index contributed by atoms with van der Waals surface area (Å²) in [4.78, 5) is 0. The highest BCUT2D eigenvalue weighted by Gasteiger charge is 2.47. The van der Waals surface area contributed by atoms with E-state index < -0.39 is 18.5 Å². The maximum atomic E-state index is 9.87. The highest BCUT2D eigenvalue weighted by molar-refractivity contribution is 4.96. The quantitative estimate of drug-likeness (QED) is 0.471. The van der Waals surface area contributed by atoms with Gasteiger partial charge in [-0.1, -0.05) is 0 Å². The van der Waals surface area contributed by atoms with E-state index >= 15 is 0 Å². The topological polar surface area (TPSA) is 114 Å². The molecule has 9 unspecified atom stereocenters. The number of ether oxygens (including phenoxy) is 8. The lowest BCUT2D eigenvalue weighted by Crippen LogP contribution is -2.39. The maximum Gasteiger partial charge on any atom is 0.184 e. The summed E-state index contributed by atoms with van der Waals surface area (Å²) in [5.41, 5.74) is 0. The molecule has 0 aromatic carbocycles. The van der Waals surface area contributed by atoms with Gasteiger partial charge in [-0.25, -0.2) is 0 Å². The van der Waals surface area contributed by atoms with Crippen molar-refractivity contribution in [1.29, 1.82) is 0 Å². The van der Waals surface area contributed by atoms with E-state index in [9.17, 15) is 10.2 Å². The lowest BCUT2D eigenvalue weighted by atomic mass is 9.98. The Hall–Kier alpha value is -0.400. The van der Waals surface area contributed by atoms with E-state index in [4.69, 9.17) is 37.9 Å². The monoisotopic (exact) mass is 426 g/mol. The number of hydrogen-bond acceptors (Lipinski definition) is 10. The molecule has 1 aliphatic carbocycles. The van der Waals surface area contributed by atoms with Gasteiger partial charge in [0.2, 0.25) is 0 Å². The Morgan fingerprint density at radius 3 is 1.83 bits per heavy atom. The van der Waals surface area contributed by atoms with Gasteiger partial charge in [0.15, 0.2) is 6.29 Å². The first-order valence-electron chi connectivity index (χ1n) is 9.57. The zero-order valence-electron chi connectivity index (χ0n) is 18.5. The maximum absolute atomic E-state index is 9.87. The van der Waals surface area contributed by atoms with Gasteiger partial charge in [0.05, 0.1) is 31.5 Å². The van der Waals surface area contributed by atoms with Gasteiger partial charge in [0.25, 0.3) is 0 Å². The summed E-state index contributed by atoms with van der Waals surface area (Å²) in [6.07, 6.45) is -2.34. The average molecular weight is 427 g/mol. The zero-order valence-corrected chi connectivity index (χ0v) is 18.5. The molecule has 1 aliphatic heterocycles. The molecule has 2 N–H and O–H groups in total. The standard InChI is InChI=1S/C11H22O5.C8H16O5/c1-13-6-9(14-2)7-5-8(12)11(16-4)10(7)15-3;1-10-4-5-6(11-2)7(12-3)8(9)13-5/h7-12H,5-6H2,1-4H3;5-9H,4H2,1-3H3. The van der Waals surface area contributed by atoms with Crippen LogP contribution in [0.25, 0.3) is 0 Å². The fraction of sp³-hybridized carbons (Fsp3) is 1.00. The summed E-state index contributed by atoms with van der Waals surface area (Å²) in [5, 5.41) is 19.3. The normalized spacial score (nSPS) is 38.0.